The van der Waals surface area contributed by atoms with Crippen molar-refractivity contribution in [2.75, 3.05) is 6.61 Å². The van der Waals surface area contributed by atoms with Gasteiger partial charge >= 0.3 is 0 Å². The van der Waals surface area contributed by atoms with Gasteiger partial charge in [0.05, 0.1) is 6.10 Å². The first-order valence-electron chi connectivity index (χ1n) is 5.38. The summed E-state index contributed by atoms with van der Waals surface area (Å²) in [4.78, 5) is 0. The van der Waals surface area contributed by atoms with Gasteiger partial charge in [-0.25, -0.2) is 0 Å². The highest BCUT2D eigenvalue weighted by Crippen LogP contribution is 2.53. The molecule has 0 N–H and O–H groups in total. The van der Waals surface area contributed by atoms with E-state index in [1.54, 1.807) is 0 Å². The zero-order valence-corrected chi connectivity index (χ0v) is 8.02. The van der Waals surface area contributed by atoms with Crippen LogP contribution < -0.4 is 0 Å². The van der Waals surface area contributed by atoms with Crippen molar-refractivity contribution in [2.45, 2.75) is 19.4 Å². The number of hydrogen-bond donors (Lipinski definition) is 0. The molecule has 0 heterocycles. The fraction of sp³-hybridized carbons (Fsp3) is 0.667. The van der Waals surface area contributed by atoms with E-state index in [4.69, 9.17) is 4.74 Å². The fourth-order valence-corrected chi connectivity index (χ4v) is 3.36. The average Bonchev–Trinajstić information content (AvgIpc) is 2.74. The van der Waals surface area contributed by atoms with Gasteiger partial charge in [0.2, 0.25) is 0 Å². The molecule has 1 saturated carbocycles. The van der Waals surface area contributed by atoms with E-state index in [-0.39, 0.29) is 0 Å². The van der Waals surface area contributed by atoms with E-state index in [0.717, 1.165) is 30.3 Å². The summed E-state index contributed by atoms with van der Waals surface area (Å²) < 4.78 is 5.75. The van der Waals surface area contributed by atoms with E-state index in [0.29, 0.717) is 6.10 Å². The zero-order valence-electron chi connectivity index (χ0n) is 8.02. The smallest absolute Gasteiger partial charge is 0.0795 e. The lowest BCUT2D eigenvalue weighted by Gasteiger charge is -2.25. The minimum absolute atomic E-state index is 0.412. The Morgan fingerprint density at radius 3 is 2.85 bits per heavy atom. The van der Waals surface area contributed by atoms with E-state index in [1.807, 2.05) is 0 Å². The van der Waals surface area contributed by atoms with Crippen LogP contribution in [0, 0.1) is 23.7 Å². The Morgan fingerprint density at radius 2 is 2.00 bits per heavy atom. The number of allylic oxidation sites excluding steroid dienone is 3. The summed E-state index contributed by atoms with van der Waals surface area (Å²) in [5.41, 5.74) is 0. The molecule has 0 aromatic carbocycles. The predicted octanol–water partition coefficient (Wildman–Crippen LogP) is 2.40. The lowest BCUT2D eigenvalue weighted by atomic mass is 9.84. The number of rotatable bonds is 2. The van der Waals surface area contributed by atoms with Crippen molar-refractivity contribution in [3.05, 3.63) is 24.3 Å². The van der Waals surface area contributed by atoms with Gasteiger partial charge < -0.3 is 4.74 Å². The van der Waals surface area contributed by atoms with Crippen molar-refractivity contribution >= 4 is 0 Å². The molecule has 13 heavy (non-hydrogen) atoms. The number of ether oxygens (including phenoxy) is 1. The first-order valence-corrected chi connectivity index (χ1v) is 5.38. The van der Waals surface area contributed by atoms with Crippen LogP contribution in [0.1, 0.15) is 13.3 Å². The molecule has 0 amide bonds. The van der Waals surface area contributed by atoms with Gasteiger partial charge in [-0.1, -0.05) is 24.3 Å². The zero-order chi connectivity index (χ0) is 8.84. The SMILES string of the molecule is CCO[C@H]1C=CC2C1[C@@H]1C=C[C@H]2C1. The topological polar surface area (TPSA) is 9.23 Å². The summed E-state index contributed by atoms with van der Waals surface area (Å²) in [7, 11) is 0. The third-order valence-electron chi connectivity index (χ3n) is 3.84. The molecule has 3 aliphatic carbocycles. The molecule has 0 aliphatic heterocycles. The van der Waals surface area contributed by atoms with Crippen LogP contribution in [0.25, 0.3) is 0 Å². The van der Waals surface area contributed by atoms with Crippen LogP contribution in [0.3, 0.4) is 0 Å². The largest absolute Gasteiger partial charge is 0.374 e. The van der Waals surface area contributed by atoms with E-state index in [9.17, 15) is 0 Å². The van der Waals surface area contributed by atoms with Crippen LogP contribution in [-0.4, -0.2) is 12.7 Å². The van der Waals surface area contributed by atoms with Crippen LogP contribution in [0.4, 0.5) is 0 Å². The van der Waals surface area contributed by atoms with E-state index in [2.05, 4.69) is 31.2 Å². The normalized spacial score (nSPS) is 50.4. The third kappa shape index (κ3) is 0.969. The maximum atomic E-state index is 5.75. The van der Waals surface area contributed by atoms with Crippen LogP contribution in [0.15, 0.2) is 24.3 Å². The lowest BCUT2D eigenvalue weighted by Crippen LogP contribution is -2.26. The Labute approximate surface area is 79.5 Å². The molecule has 70 valence electrons. The second kappa shape index (κ2) is 2.71. The summed E-state index contributed by atoms with van der Waals surface area (Å²) >= 11 is 0. The maximum absolute atomic E-state index is 5.75. The highest BCUT2D eigenvalue weighted by Gasteiger charge is 2.48. The van der Waals surface area contributed by atoms with Crippen molar-refractivity contribution in [3.8, 4) is 0 Å². The summed E-state index contributed by atoms with van der Waals surface area (Å²) in [5, 5.41) is 0. The Bertz CT molecular complexity index is 266. The van der Waals surface area contributed by atoms with Gasteiger partial charge in [-0.3, -0.25) is 0 Å². The molecule has 3 aliphatic rings. The first-order chi connectivity index (χ1) is 6.40. The van der Waals surface area contributed by atoms with Crippen molar-refractivity contribution in [1.82, 2.24) is 0 Å². The van der Waals surface area contributed by atoms with Crippen LogP contribution in [-0.2, 0) is 4.74 Å². The van der Waals surface area contributed by atoms with E-state index in [1.165, 1.54) is 6.42 Å². The predicted molar refractivity (Wildman–Crippen MR) is 52.3 cm³/mol. The lowest BCUT2D eigenvalue weighted by molar-refractivity contribution is 0.0435. The minimum atomic E-state index is 0.412. The van der Waals surface area contributed by atoms with Crippen molar-refractivity contribution in [3.63, 3.8) is 0 Å². The van der Waals surface area contributed by atoms with Gasteiger partial charge in [0.15, 0.2) is 0 Å². The summed E-state index contributed by atoms with van der Waals surface area (Å²) in [6, 6.07) is 0. The molecule has 1 fully saturated rings. The van der Waals surface area contributed by atoms with Crippen LogP contribution in [0.2, 0.25) is 0 Å². The van der Waals surface area contributed by atoms with Gasteiger partial charge in [-0.2, -0.15) is 0 Å². The average molecular weight is 176 g/mol. The van der Waals surface area contributed by atoms with Crippen LogP contribution >= 0.6 is 0 Å². The Morgan fingerprint density at radius 1 is 1.15 bits per heavy atom. The molecule has 2 unspecified atom stereocenters. The highest BCUT2D eigenvalue weighted by atomic mass is 16.5. The molecular formula is C12H16O. The standard InChI is InChI=1S/C12H16O/c1-2-13-11-6-5-10-8-3-4-9(7-8)12(10)11/h3-6,8-12H,2,7H2,1H3/t8-,9+,10?,11-,12?/m0/s1. The van der Waals surface area contributed by atoms with Gasteiger partial charge in [0.25, 0.3) is 0 Å². The van der Waals surface area contributed by atoms with Crippen LogP contribution in [0.5, 0.6) is 0 Å². The number of hydrogen-bond acceptors (Lipinski definition) is 1. The maximum Gasteiger partial charge on any atom is 0.0795 e. The molecule has 3 rings (SSSR count). The fourth-order valence-electron chi connectivity index (χ4n) is 3.36. The third-order valence-corrected chi connectivity index (χ3v) is 3.84. The molecule has 0 aromatic rings. The van der Waals surface area contributed by atoms with Gasteiger partial charge in [0, 0.05) is 12.5 Å². The molecular weight excluding hydrogens is 160 g/mol. The molecule has 1 nitrogen and oxygen atoms in total. The number of fused-ring (bicyclic) bond motifs is 5. The minimum Gasteiger partial charge on any atom is -0.374 e. The molecule has 0 spiro atoms. The monoisotopic (exact) mass is 176 g/mol. The van der Waals surface area contributed by atoms with Gasteiger partial charge in [-0.15, -0.1) is 0 Å². The van der Waals surface area contributed by atoms with Gasteiger partial charge in [-0.05, 0) is 31.1 Å². The van der Waals surface area contributed by atoms with E-state index < -0.39 is 0 Å². The molecule has 0 aromatic heterocycles. The first kappa shape index (κ1) is 7.81. The van der Waals surface area contributed by atoms with Crippen molar-refractivity contribution in [2.24, 2.45) is 23.7 Å². The molecule has 0 saturated heterocycles. The molecule has 0 radical (unpaired) electrons. The van der Waals surface area contributed by atoms with E-state index >= 15 is 0 Å². The Balaban J connectivity index is 1.83. The van der Waals surface area contributed by atoms with Gasteiger partial charge in [0.1, 0.15) is 0 Å². The van der Waals surface area contributed by atoms with Crippen molar-refractivity contribution in [1.29, 1.82) is 0 Å². The Hall–Kier alpha value is -0.560. The highest BCUT2D eigenvalue weighted by molar-refractivity contribution is 5.24. The second-order valence-corrected chi connectivity index (χ2v) is 4.41. The second-order valence-electron chi connectivity index (χ2n) is 4.41. The molecule has 2 bridgehead atoms. The van der Waals surface area contributed by atoms with Crippen molar-refractivity contribution < 1.29 is 4.74 Å². The summed E-state index contributed by atoms with van der Waals surface area (Å²) in [5.74, 6) is 3.21. The summed E-state index contributed by atoms with van der Waals surface area (Å²) in [6.07, 6.45) is 11.3. The molecule has 5 atom stereocenters. The quantitative estimate of drug-likeness (QED) is 0.587. The molecule has 1 heteroatoms. The summed E-state index contributed by atoms with van der Waals surface area (Å²) in [6.45, 7) is 2.93. The Kier molecular flexibility index (Phi) is 1.63.